The summed E-state index contributed by atoms with van der Waals surface area (Å²) in [4.78, 5) is 7.48. The number of hydroxylamine groups is 2. The molecule has 0 bridgehead atoms. The zero-order valence-corrected chi connectivity index (χ0v) is 18.3. The van der Waals surface area contributed by atoms with Gasteiger partial charge in [0, 0.05) is 37.1 Å². The maximum atomic E-state index is 10.1. The Balaban J connectivity index is 1.79. The number of aliphatic hydroxyl groups is 3. The standard InChI is InChI=1S/C20H32Cl2N2O5/c1-28-24(20-19(27)18(26)17(25)14-29-20)11-3-2-4-15-5-7-16(8-6-15)23(12-9-21)13-10-22/h5-8,17-20,25-27H,2-4,9-14H2,1H3/t17-,18-,19+,20?/m0/s1. The molecule has 29 heavy (non-hydrogen) atoms. The normalized spacial score (nSPS) is 24.8. The first kappa shape index (κ1) is 24.6. The monoisotopic (exact) mass is 450 g/mol. The number of hydrogen-bond acceptors (Lipinski definition) is 7. The van der Waals surface area contributed by atoms with Crippen LogP contribution in [0.4, 0.5) is 5.69 Å². The van der Waals surface area contributed by atoms with E-state index in [9.17, 15) is 15.3 Å². The molecule has 4 atom stereocenters. The van der Waals surface area contributed by atoms with E-state index >= 15 is 0 Å². The van der Waals surface area contributed by atoms with Gasteiger partial charge in [0.15, 0.2) is 6.23 Å². The average Bonchev–Trinajstić information content (AvgIpc) is 2.73. The van der Waals surface area contributed by atoms with Crippen LogP contribution in [0.15, 0.2) is 24.3 Å². The van der Waals surface area contributed by atoms with E-state index in [1.54, 1.807) is 0 Å². The molecule has 1 aromatic carbocycles. The van der Waals surface area contributed by atoms with Gasteiger partial charge in [0.2, 0.25) is 0 Å². The number of hydrogen-bond donors (Lipinski definition) is 3. The predicted molar refractivity (Wildman–Crippen MR) is 115 cm³/mol. The molecule has 3 N–H and O–H groups in total. The Bertz CT molecular complexity index is 574. The summed E-state index contributed by atoms with van der Waals surface area (Å²) < 4.78 is 5.43. The van der Waals surface area contributed by atoms with E-state index in [1.807, 2.05) is 0 Å². The molecule has 0 saturated carbocycles. The molecule has 0 spiro atoms. The first-order chi connectivity index (χ1) is 14.0. The van der Waals surface area contributed by atoms with E-state index in [0.29, 0.717) is 18.3 Å². The Hall–Kier alpha value is -0.640. The van der Waals surface area contributed by atoms with Crippen molar-refractivity contribution in [3.63, 3.8) is 0 Å². The zero-order chi connectivity index (χ0) is 21.2. The quantitative estimate of drug-likeness (QED) is 0.253. The number of aryl methyl sites for hydroxylation is 1. The lowest BCUT2D eigenvalue weighted by Gasteiger charge is -2.39. The molecule has 0 amide bonds. The van der Waals surface area contributed by atoms with Crippen LogP contribution in [0.2, 0.25) is 0 Å². The molecule has 7 nitrogen and oxygen atoms in total. The maximum Gasteiger partial charge on any atom is 0.161 e. The van der Waals surface area contributed by atoms with Crippen LogP contribution in [0.25, 0.3) is 0 Å². The van der Waals surface area contributed by atoms with Crippen molar-refractivity contribution < 1.29 is 24.9 Å². The van der Waals surface area contributed by atoms with Gasteiger partial charge in [-0.3, -0.25) is 4.84 Å². The van der Waals surface area contributed by atoms with Gasteiger partial charge in [-0.2, -0.15) is 5.06 Å². The molecule has 1 heterocycles. The van der Waals surface area contributed by atoms with E-state index in [1.165, 1.54) is 17.7 Å². The fourth-order valence-electron chi connectivity index (χ4n) is 3.41. The van der Waals surface area contributed by atoms with Crippen LogP contribution >= 0.6 is 23.2 Å². The highest BCUT2D eigenvalue weighted by Gasteiger charge is 2.40. The summed E-state index contributed by atoms with van der Waals surface area (Å²) in [5.74, 6) is 1.12. The Kier molecular flexibility index (Phi) is 11.0. The fourth-order valence-corrected chi connectivity index (χ4v) is 3.82. The highest BCUT2D eigenvalue weighted by atomic mass is 35.5. The summed E-state index contributed by atoms with van der Waals surface area (Å²) >= 11 is 11.7. The highest BCUT2D eigenvalue weighted by molar-refractivity contribution is 6.18. The van der Waals surface area contributed by atoms with Gasteiger partial charge in [-0.05, 0) is 37.0 Å². The van der Waals surface area contributed by atoms with Gasteiger partial charge >= 0.3 is 0 Å². The minimum absolute atomic E-state index is 0.0421. The van der Waals surface area contributed by atoms with Crippen molar-refractivity contribution in [2.75, 3.05) is 50.0 Å². The molecule has 1 unspecified atom stereocenters. The topological polar surface area (TPSA) is 85.6 Å². The molecule has 1 fully saturated rings. The summed E-state index contributed by atoms with van der Waals surface area (Å²) in [6.45, 7) is 2.03. The predicted octanol–water partition coefficient (Wildman–Crippen LogP) is 1.60. The number of nitrogens with zero attached hydrogens (tertiary/aromatic N) is 2. The van der Waals surface area contributed by atoms with E-state index in [-0.39, 0.29) is 6.61 Å². The summed E-state index contributed by atoms with van der Waals surface area (Å²) in [6.07, 6.45) is -1.69. The SMILES string of the molecule is CON(CCCCc1ccc(N(CCCl)CCCl)cc1)C1OC[C@H](O)[C@H](O)[C@H]1O. The van der Waals surface area contributed by atoms with Gasteiger partial charge in [0.1, 0.15) is 18.3 Å². The van der Waals surface area contributed by atoms with Crippen molar-refractivity contribution in [1.29, 1.82) is 0 Å². The lowest BCUT2D eigenvalue weighted by molar-refractivity contribution is -0.306. The summed E-state index contributed by atoms with van der Waals surface area (Å²) in [5, 5.41) is 31.0. The number of aliphatic hydroxyl groups excluding tert-OH is 3. The van der Waals surface area contributed by atoms with Crippen molar-refractivity contribution >= 4 is 28.9 Å². The Morgan fingerprint density at radius 3 is 2.24 bits per heavy atom. The second kappa shape index (κ2) is 12.9. The number of benzene rings is 1. The van der Waals surface area contributed by atoms with E-state index in [0.717, 1.165) is 38.0 Å². The molecule has 1 aliphatic heterocycles. The van der Waals surface area contributed by atoms with Gasteiger partial charge in [0.25, 0.3) is 0 Å². The number of unbranched alkanes of at least 4 members (excludes halogenated alkanes) is 1. The first-order valence-electron chi connectivity index (χ1n) is 9.94. The average molecular weight is 451 g/mol. The zero-order valence-electron chi connectivity index (χ0n) is 16.8. The molecular weight excluding hydrogens is 419 g/mol. The van der Waals surface area contributed by atoms with Crippen molar-refractivity contribution in [2.45, 2.75) is 43.8 Å². The van der Waals surface area contributed by atoms with Gasteiger partial charge in [-0.1, -0.05) is 12.1 Å². The van der Waals surface area contributed by atoms with Crippen LogP contribution < -0.4 is 4.90 Å². The number of anilines is 1. The van der Waals surface area contributed by atoms with E-state index in [2.05, 4.69) is 29.2 Å². The van der Waals surface area contributed by atoms with Crippen molar-refractivity contribution in [3.05, 3.63) is 29.8 Å². The molecule has 2 rings (SSSR count). The molecule has 1 aromatic rings. The second-order valence-corrected chi connectivity index (χ2v) is 7.84. The Morgan fingerprint density at radius 1 is 1.00 bits per heavy atom. The van der Waals surface area contributed by atoms with Gasteiger partial charge in [-0.25, -0.2) is 0 Å². The van der Waals surface area contributed by atoms with E-state index < -0.39 is 24.5 Å². The number of alkyl halides is 2. The molecule has 0 aromatic heterocycles. The van der Waals surface area contributed by atoms with Crippen LogP contribution in [0.5, 0.6) is 0 Å². The van der Waals surface area contributed by atoms with Gasteiger partial charge < -0.3 is 25.0 Å². The molecular formula is C20H32Cl2N2O5. The van der Waals surface area contributed by atoms with Crippen molar-refractivity contribution in [3.8, 4) is 0 Å². The van der Waals surface area contributed by atoms with Crippen LogP contribution in [0.1, 0.15) is 18.4 Å². The Morgan fingerprint density at radius 2 is 1.66 bits per heavy atom. The molecule has 9 heteroatoms. The molecule has 1 aliphatic rings. The second-order valence-electron chi connectivity index (χ2n) is 7.08. The first-order valence-corrected chi connectivity index (χ1v) is 11.0. The summed E-state index contributed by atoms with van der Waals surface area (Å²) in [5.41, 5.74) is 2.35. The largest absolute Gasteiger partial charge is 0.388 e. The highest BCUT2D eigenvalue weighted by Crippen LogP contribution is 2.20. The van der Waals surface area contributed by atoms with Crippen molar-refractivity contribution in [2.24, 2.45) is 0 Å². The number of rotatable bonds is 12. The van der Waals surface area contributed by atoms with Crippen LogP contribution in [0.3, 0.4) is 0 Å². The molecule has 0 aliphatic carbocycles. The van der Waals surface area contributed by atoms with Crippen LogP contribution in [-0.2, 0) is 16.0 Å². The van der Waals surface area contributed by atoms with Gasteiger partial charge in [0.05, 0.1) is 13.7 Å². The molecule has 0 radical (unpaired) electrons. The fraction of sp³-hybridized carbons (Fsp3) is 0.700. The Labute approximate surface area is 182 Å². The smallest absolute Gasteiger partial charge is 0.161 e. The van der Waals surface area contributed by atoms with E-state index in [4.69, 9.17) is 32.8 Å². The lowest BCUT2D eigenvalue weighted by Crippen LogP contribution is -2.58. The van der Waals surface area contributed by atoms with Crippen LogP contribution in [0, 0.1) is 0 Å². The minimum atomic E-state index is -1.25. The van der Waals surface area contributed by atoms with Crippen LogP contribution in [-0.4, -0.2) is 90.0 Å². The third-order valence-corrected chi connectivity index (χ3v) is 5.43. The van der Waals surface area contributed by atoms with Crippen molar-refractivity contribution in [1.82, 2.24) is 5.06 Å². The third-order valence-electron chi connectivity index (χ3n) is 5.10. The number of ether oxygens (including phenoxy) is 1. The third kappa shape index (κ3) is 7.22. The summed E-state index contributed by atoms with van der Waals surface area (Å²) in [6, 6.07) is 8.42. The minimum Gasteiger partial charge on any atom is -0.388 e. The summed E-state index contributed by atoms with van der Waals surface area (Å²) in [7, 11) is 1.50. The van der Waals surface area contributed by atoms with Gasteiger partial charge in [-0.15, -0.1) is 23.2 Å². The number of halogens is 2. The molecule has 166 valence electrons. The lowest BCUT2D eigenvalue weighted by atomic mass is 10.0. The maximum absolute atomic E-state index is 10.1. The molecule has 1 saturated heterocycles.